The first-order chi connectivity index (χ1) is 18.8. The van der Waals surface area contributed by atoms with Gasteiger partial charge in [-0.15, -0.1) is 0 Å². The number of allylic oxidation sites excluding steroid dienone is 2. The maximum absolute atomic E-state index is 13.8. The number of nitrogens with zero attached hydrogens (tertiary/aromatic N) is 2. The minimum Gasteiger partial charge on any atom is -0.398 e. The summed E-state index contributed by atoms with van der Waals surface area (Å²) in [6.07, 6.45) is 7.83. The highest BCUT2D eigenvalue weighted by Crippen LogP contribution is 2.34. The standard InChI is InChI=1S/C31H30FN5.C2H6/c1-6-19(2)36-27-13-25(15-34-16-27)23-10-11-30(33)28(14-23)20(3)22(5)37-31-18-35-17-29(21(31)4)24-8-7-9-26(32)12-24;1-2/h7-18,36-37H,2-3,5-6,33H2,1,4H3;1-2H3. The third-order valence-electron chi connectivity index (χ3n) is 6.20. The summed E-state index contributed by atoms with van der Waals surface area (Å²) < 4.78 is 13.8. The lowest BCUT2D eigenvalue weighted by atomic mass is 9.97. The van der Waals surface area contributed by atoms with Crippen LogP contribution in [0.3, 0.4) is 0 Å². The Labute approximate surface area is 231 Å². The van der Waals surface area contributed by atoms with E-state index >= 15 is 0 Å². The minimum atomic E-state index is -0.296. The van der Waals surface area contributed by atoms with Crippen molar-refractivity contribution in [3.63, 3.8) is 0 Å². The number of benzene rings is 2. The highest BCUT2D eigenvalue weighted by molar-refractivity contribution is 5.88. The number of aromatic nitrogens is 2. The molecule has 0 atom stereocenters. The van der Waals surface area contributed by atoms with Gasteiger partial charge in [0.25, 0.3) is 0 Å². The molecular weight excluding hydrogens is 485 g/mol. The van der Waals surface area contributed by atoms with Gasteiger partial charge in [-0.25, -0.2) is 4.39 Å². The van der Waals surface area contributed by atoms with Crippen molar-refractivity contribution in [2.75, 3.05) is 16.4 Å². The summed E-state index contributed by atoms with van der Waals surface area (Å²) >= 11 is 0. The highest BCUT2D eigenvalue weighted by atomic mass is 19.1. The SMILES string of the molecule is C=C(CC)Nc1cncc(-c2ccc(N)c(C(=C)C(=C)Nc3cncc(-c4cccc(F)c4)c3C)c2)c1.CC. The van der Waals surface area contributed by atoms with Crippen LogP contribution in [-0.2, 0) is 0 Å². The Balaban J connectivity index is 0.00000205. The molecule has 2 aromatic heterocycles. The topological polar surface area (TPSA) is 75.9 Å². The number of pyridine rings is 2. The smallest absolute Gasteiger partial charge is 0.123 e. The van der Waals surface area contributed by atoms with Crippen LogP contribution < -0.4 is 16.4 Å². The summed E-state index contributed by atoms with van der Waals surface area (Å²) in [5.74, 6) is -0.296. The molecule has 0 saturated heterocycles. The van der Waals surface area contributed by atoms with E-state index in [1.54, 1.807) is 30.9 Å². The fraction of sp³-hybridized carbons (Fsp3) is 0.152. The molecule has 6 heteroatoms. The molecule has 0 fully saturated rings. The van der Waals surface area contributed by atoms with Crippen molar-refractivity contribution in [3.8, 4) is 22.3 Å². The molecule has 4 N–H and O–H groups in total. The van der Waals surface area contributed by atoms with Gasteiger partial charge in [0, 0.05) is 46.2 Å². The van der Waals surface area contributed by atoms with Gasteiger partial charge in [0.1, 0.15) is 5.82 Å². The predicted molar refractivity (Wildman–Crippen MR) is 165 cm³/mol. The zero-order chi connectivity index (χ0) is 28.5. The van der Waals surface area contributed by atoms with Crippen molar-refractivity contribution in [1.82, 2.24) is 9.97 Å². The summed E-state index contributed by atoms with van der Waals surface area (Å²) in [6.45, 7) is 20.5. The van der Waals surface area contributed by atoms with Crippen LogP contribution in [-0.4, -0.2) is 9.97 Å². The van der Waals surface area contributed by atoms with Gasteiger partial charge in [0.15, 0.2) is 0 Å². The predicted octanol–water partition coefficient (Wildman–Crippen LogP) is 8.84. The van der Waals surface area contributed by atoms with Gasteiger partial charge >= 0.3 is 0 Å². The third-order valence-corrected chi connectivity index (χ3v) is 6.20. The van der Waals surface area contributed by atoms with Gasteiger partial charge in [-0.2, -0.15) is 0 Å². The molecule has 0 bridgehead atoms. The fourth-order valence-corrected chi connectivity index (χ4v) is 3.95. The number of nitrogens with two attached hydrogens (primary N) is 1. The zero-order valence-corrected chi connectivity index (χ0v) is 23.1. The second kappa shape index (κ2) is 13.2. The first-order valence-corrected chi connectivity index (χ1v) is 12.9. The monoisotopic (exact) mass is 521 g/mol. The van der Waals surface area contributed by atoms with E-state index < -0.39 is 0 Å². The van der Waals surface area contributed by atoms with E-state index in [2.05, 4.69) is 40.3 Å². The van der Waals surface area contributed by atoms with Crippen LogP contribution in [0.15, 0.2) is 104 Å². The van der Waals surface area contributed by atoms with Gasteiger partial charge in [0.05, 0.1) is 23.8 Å². The van der Waals surface area contributed by atoms with Crippen LogP contribution in [0.4, 0.5) is 21.5 Å². The van der Waals surface area contributed by atoms with E-state index in [0.29, 0.717) is 17.0 Å². The van der Waals surface area contributed by atoms with E-state index in [0.717, 1.165) is 56.9 Å². The molecule has 5 nitrogen and oxygen atoms in total. The van der Waals surface area contributed by atoms with Crippen molar-refractivity contribution in [1.29, 1.82) is 0 Å². The zero-order valence-electron chi connectivity index (χ0n) is 23.1. The normalized spacial score (nSPS) is 10.2. The fourth-order valence-electron chi connectivity index (χ4n) is 3.95. The molecular formula is C33H36FN5. The van der Waals surface area contributed by atoms with Crippen molar-refractivity contribution < 1.29 is 4.39 Å². The van der Waals surface area contributed by atoms with Gasteiger partial charge in [-0.1, -0.05) is 58.7 Å². The summed E-state index contributed by atoms with van der Waals surface area (Å²) in [6, 6.07) is 14.3. The summed E-state index contributed by atoms with van der Waals surface area (Å²) in [5.41, 5.74) is 15.8. The van der Waals surface area contributed by atoms with Gasteiger partial charge in [-0.3, -0.25) is 9.97 Å². The summed E-state index contributed by atoms with van der Waals surface area (Å²) in [4.78, 5) is 8.71. The van der Waals surface area contributed by atoms with Crippen molar-refractivity contribution in [2.45, 2.75) is 34.1 Å². The number of rotatable bonds is 9. The van der Waals surface area contributed by atoms with Crippen molar-refractivity contribution in [3.05, 3.63) is 121 Å². The Morgan fingerprint density at radius 2 is 1.62 bits per heavy atom. The molecule has 2 heterocycles. The summed E-state index contributed by atoms with van der Waals surface area (Å²) in [7, 11) is 0. The molecule has 0 amide bonds. The first kappa shape index (κ1) is 28.9. The number of hydrogen-bond acceptors (Lipinski definition) is 5. The molecule has 0 unspecified atom stereocenters. The maximum atomic E-state index is 13.8. The van der Waals surface area contributed by atoms with Crippen LogP contribution in [0.5, 0.6) is 0 Å². The molecule has 39 heavy (non-hydrogen) atoms. The van der Waals surface area contributed by atoms with Crippen molar-refractivity contribution in [2.24, 2.45) is 0 Å². The maximum Gasteiger partial charge on any atom is 0.123 e. The van der Waals surface area contributed by atoms with E-state index in [1.165, 1.54) is 12.1 Å². The van der Waals surface area contributed by atoms with E-state index in [-0.39, 0.29) is 5.82 Å². The molecule has 4 aromatic rings. The molecule has 0 saturated carbocycles. The quantitative estimate of drug-likeness (QED) is 0.151. The molecule has 2 aromatic carbocycles. The van der Waals surface area contributed by atoms with Gasteiger partial charge < -0.3 is 16.4 Å². The Kier molecular flexibility index (Phi) is 9.76. The summed E-state index contributed by atoms with van der Waals surface area (Å²) in [5, 5.41) is 6.59. The Bertz CT molecular complexity index is 1510. The van der Waals surface area contributed by atoms with Gasteiger partial charge in [0.2, 0.25) is 0 Å². The Morgan fingerprint density at radius 1 is 0.872 bits per heavy atom. The minimum absolute atomic E-state index is 0.296. The number of hydrogen-bond donors (Lipinski definition) is 3. The lowest BCUT2D eigenvalue weighted by Crippen LogP contribution is -2.05. The average molecular weight is 522 g/mol. The van der Waals surface area contributed by atoms with E-state index in [9.17, 15) is 4.39 Å². The second-order valence-electron chi connectivity index (χ2n) is 8.80. The number of anilines is 3. The molecule has 4 rings (SSSR count). The molecule has 0 aliphatic heterocycles. The molecule has 0 radical (unpaired) electrons. The van der Waals surface area contributed by atoms with Gasteiger partial charge in [-0.05, 0) is 65.9 Å². The van der Waals surface area contributed by atoms with Crippen LogP contribution in [0.25, 0.3) is 27.8 Å². The number of nitrogen functional groups attached to an aromatic ring is 1. The van der Waals surface area contributed by atoms with Crippen LogP contribution >= 0.6 is 0 Å². The van der Waals surface area contributed by atoms with E-state index in [1.807, 2.05) is 58.0 Å². The van der Waals surface area contributed by atoms with Crippen LogP contribution in [0, 0.1) is 12.7 Å². The van der Waals surface area contributed by atoms with E-state index in [4.69, 9.17) is 5.73 Å². The lowest BCUT2D eigenvalue weighted by Gasteiger charge is -2.18. The third kappa shape index (κ3) is 6.99. The highest BCUT2D eigenvalue weighted by Gasteiger charge is 2.13. The molecule has 200 valence electrons. The van der Waals surface area contributed by atoms with Crippen LogP contribution in [0.2, 0.25) is 0 Å². The molecule has 0 spiro atoms. The lowest BCUT2D eigenvalue weighted by molar-refractivity contribution is 0.628. The first-order valence-electron chi connectivity index (χ1n) is 12.9. The van der Waals surface area contributed by atoms with Crippen LogP contribution in [0.1, 0.15) is 38.3 Å². The molecule has 0 aliphatic carbocycles. The Morgan fingerprint density at radius 3 is 2.33 bits per heavy atom. The largest absolute Gasteiger partial charge is 0.398 e. The average Bonchev–Trinajstić information content (AvgIpc) is 2.95. The Hall–Kier alpha value is -4.71. The molecule has 0 aliphatic rings. The number of nitrogens with one attached hydrogen (secondary N) is 2. The number of halogens is 1. The van der Waals surface area contributed by atoms with Crippen molar-refractivity contribution >= 4 is 22.6 Å². The second-order valence-corrected chi connectivity index (χ2v) is 8.80.